The van der Waals surface area contributed by atoms with Crippen LogP contribution >= 0.6 is 0 Å². The van der Waals surface area contributed by atoms with Crippen molar-refractivity contribution in [1.82, 2.24) is 10.6 Å². The molecule has 2 rings (SSSR count). The Kier molecular flexibility index (Phi) is 2.63. The summed E-state index contributed by atoms with van der Waals surface area (Å²) in [5, 5.41) is 6.29. The normalized spacial score (nSPS) is 34.2. The van der Waals surface area contributed by atoms with Crippen LogP contribution in [0.3, 0.4) is 0 Å². The van der Waals surface area contributed by atoms with Gasteiger partial charge in [-0.2, -0.15) is 0 Å². The van der Waals surface area contributed by atoms with E-state index in [1.54, 1.807) is 0 Å². The molecule has 0 spiro atoms. The van der Waals surface area contributed by atoms with Crippen LogP contribution in [0, 0.1) is 11.8 Å². The average molecular weight is 212 g/mol. The van der Waals surface area contributed by atoms with Gasteiger partial charge in [-0.05, 0) is 45.6 Å². The monoisotopic (exact) mass is 212 g/mol. The van der Waals surface area contributed by atoms with Gasteiger partial charge in [0, 0.05) is 12.6 Å². The van der Waals surface area contributed by atoms with E-state index < -0.39 is 5.60 Å². The molecular weight excluding hydrogens is 192 g/mol. The van der Waals surface area contributed by atoms with E-state index >= 15 is 0 Å². The number of piperidine rings is 1. The molecule has 1 aliphatic heterocycles. The Bertz CT molecular complexity index is 248. The summed E-state index contributed by atoms with van der Waals surface area (Å²) in [6.07, 6.45) is 0.896. The number of nitrogens with one attached hydrogen (secondary N) is 2. The van der Waals surface area contributed by atoms with Gasteiger partial charge in [-0.3, -0.25) is 0 Å². The second-order valence-electron chi connectivity index (χ2n) is 5.49. The van der Waals surface area contributed by atoms with E-state index in [0.29, 0.717) is 17.9 Å². The lowest BCUT2D eigenvalue weighted by Gasteiger charge is -2.19. The van der Waals surface area contributed by atoms with E-state index in [1.807, 2.05) is 20.8 Å². The van der Waals surface area contributed by atoms with Gasteiger partial charge in [0.15, 0.2) is 0 Å². The molecule has 2 aliphatic rings. The molecule has 2 N–H and O–H groups in total. The first-order valence-electron chi connectivity index (χ1n) is 5.67. The number of fused-ring (bicyclic) bond motifs is 1. The molecule has 86 valence electrons. The standard InChI is InChI=1S/C11H20N2O2/c1-11(2,3)15-10(14)13-9-7-4-5-12-6-8(7)9/h7-9,12H,4-6H2,1-3H3,(H,13,14)/t7-,8+,9?/m1/s1. The first-order valence-corrected chi connectivity index (χ1v) is 5.67. The van der Waals surface area contributed by atoms with Gasteiger partial charge >= 0.3 is 6.09 Å². The van der Waals surface area contributed by atoms with Crippen molar-refractivity contribution in [3.8, 4) is 0 Å². The van der Waals surface area contributed by atoms with E-state index in [-0.39, 0.29) is 6.09 Å². The molecule has 1 saturated heterocycles. The number of carbonyl (C=O) groups is 1. The molecule has 1 saturated carbocycles. The lowest BCUT2D eigenvalue weighted by atomic mass is 10.2. The fourth-order valence-electron chi connectivity index (χ4n) is 2.31. The zero-order valence-corrected chi connectivity index (χ0v) is 9.67. The molecule has 4 nitrogen and oxygen atoms in total. The Hall–Kier alpha value is -0.770. The summed E-state index contributed by atoms with van der Waals surface area (Å²) < 4.78 is 5.22. The highest BCUT2D eigenvalue weighted by Crippen LogP contribution is 2.43. The highest BCUT2D eigenvalue weighted by atomic mass is 16.6. The van der Waals surface area contributed by atoms with Gasteiger partial charge in [0.25, 0.3) is 0 Å². The van der Waals surface area contributed by atoms with Gasteiger partial charge in [-0.15, -0.1) is 0 Å². The first-order chi connectivity index (χ1) is 6.97. The van der Waals surface area contributed by atoms with Gasteiger partial charge < -0.3 is 15.4 Å². The summed E-state index contributed by atoms with van der Waals surface area (Å²) in [6, 6.07) is 0.342. The predicted molar refractivity (Wildman–Crippen MR) is 57.6 cm³/mol. The van der Waals surface area contributed by atoms with Crippen LogP contribution in [0.25, 0.3) is 0 Å². The molecule has 0 radical (unpaired) electrons. The van der Waals surface area contributed by atoms with Crippen molar-refractivity contribution in [2.24, 2.45) is 11.8 Å². The van der Waals surface area contributed by atoms with Crippen molar-refractivity contribution in [2.45, 2.75) is 38.8 Å². The van der Waals surface area contributed by atoms with Crippen LogP contribution in [0.2, 0.25) is 0 Å². The van der Waals surface area contributed by atoms with Crippen LogP contribution in [0.4, 0.5) is 4.79 Å². The number of carbonyl (C=O) groups excluding carboxylic acids is 1. The molecule has 2 fully saturated rings. The zero-order valence-electron chi connectivity index (χ0n) is 9.67. The van der Waals surface area contributed by atoms with Crippen molar-refractivity contribution in [1.29, 1.82) is 0 Å². The van der Waals surface area contributed by atoms with Gasteiger partial charge in [0.2, 0.25) is 0 Å². The Balaban J connectivity index is 1.76. The van der Waals surface area contributed by atoms with E-state index in [2.05, 4.69) is 10.6 Å². The molecule has 0 aromatic carbocycles. The fraction of sp³-hybridized carbons (Fsp3) is 0.909. The highest BCUT2D eigenvalue weighted by Gasteiger charge is 2.51. The lowest BCUT2D eigenvalue weighted by molar-refractivity contribution is 0.0519. The van der Waals surface area contributed by atoms with Crippen molar-refractivity contribution in [3.05, 3.63) is 0 Å². The van der Waals surface area contributed by atoms with Gasteiger partial charge in [0.05, 0.1) is 0 Å². The Morgan fingerprint density at radius 3 is 2.67 bits per heavy atom. The lowest BCUT2D eigenvalue weighted by Crippen LogP contribution is -2.35. The first kappa shape index (κ1) is 10.7. The second kappa shape index (κ2) is 3.67. The molecule has 0 aromatic heterocycles. The molecule has 1 heterocycles. The third-order valence-electron chi connectivity index (χ3n) is 3.05. The largest absolute Gasteiger partial charge is 0.444 e. The van der Waals surface area contributed by atoms with E-state index in [9.17, 15) is 4.79 Å². The van der Waals surface area contributed by atoms with Crippen molar-refractivity contribution < 1.29 is 9.53 Å². The predicted octanol–water partition coefficient (Wildman–Crippen LogP) is 1.12. The number of hydrogen-bond donors (Lipinski definition) is 2. The summed E-state index contributed by atoms with van der Waals surface area (Å²) in [5.74, 6) is 1.31. The van der Waals surface area contributed by atoms with Gasteiger partial charge in [-0.25, -0.2) is 4.79 Å². The number of ether oxygens (including phenoxy) is 1. The molecular formula is C11H20N2O2. The maximum absolute atomic E-state index is 11.5. The summed E-state index contributed by atoms with van der Waals surface area (Å²) >= 11 is 0. The molecule has 3 atom stereocenters. The second-order valence-corrected chi connectivity index (χ2v) is 5.49. The maximum atomic E-state index is 11.5. The number of rotatable bonds is 1. The molecule has 15 heavy (non-hydrogen) atoms. The SMILES string of the molecule is CC(C)(C)OC(=O)NC1[C@H]2CNCC[C@@H]12. The average Bonchev–Trinajstić information content (AvgIpc) is 2.76. The molecule has 0 aromatic rings. The minimum atomic E-state index is -0.400. The number of alkyl carbamates (subject to hydrolysis) is 1. The Morgan fingerprint density at radius 1 is 1.40 bits per heavy atom. The third kappa shape index (κ3) is 2.62. The van der Waals surface area contributed by atoms with Crippen LogP contribution < -0.4 is 10.6 Å². The minimum absolute atomic E-state index is 0.276. The summed E-state index contributed by atoms with van der Waals surface area (Å²) in [5.41, 5.74) is -0.400. The van der Waals surface area contributed by atoms with E-state index in [0.717, 1.165) is 13.1 Å². The molecule has 4 heteroatoms. The van der Waals surface area contributed by atoms with Crippen LogP contribution in [0.5, 0.6) is 0 Å². The smallest absolute Gasteiger partial charge is 0.407 e. The highest BCUT2D eigenvalue weighted by molar-refractivity contribution is 5.68. The minimum Gasteiger partial charge on any atom is -0.444 e. The summed E-state index contributed by atoms with van der Waals surface area (Å²) in [6.45, 7) is 7.76. The van der Waals surface area contributed by atoms with Crippen molar-refractivity contribution in [3.63, 3.8) is 0 Å². The van der Waals surface area contributed by atoms with Crippen LogP contribution in [-0.2, 0) is 4.74 Å². The van der Waals surface area contributed by atoms with Crippen molar-refractivity contribution in [2.75, 3.05) is 13.1 Å². The van der Waals surface area contributed by atoms with Crippen LogP contribution in [0.15, 0.2) is 0 Å². The number of hydrogen-bond acceptors (Lipinski definition) is 3. The van der Waals surface area contributed by atoms with E-state index in [4.69, 9.17) is 4.74 Å². The van der Waals surface area contributed by atoms with Gasteiger partial charge in [0.1, 0.15) is 5.60 Å². The molecule has 0 bridgehead atoms. The summed E-state index contributed by atoms with van der Waals surface area (Å²) in [4.78, 5) is 11.5. The molecule has 1 amide bonds. The summed E-state index contributed by atoms with van der Waals surface area (Å²) in [7, 11) is 0. The van der Waals surface area contributed by atoms with Gasteiger partial charge in [-0.1, -0.05) is 0 Å². The quantitative estimate of drug-likeness (QED) is 0.685. The Morgan fingerprint density at radius 2 is 2.13 bits per heavy atom. The third-order valence-corrected chi connectivity index (χ3v) is 3.05. The number of amides is 1. The molecule has 1 unspecified atom stereocenters. The zero-order chi connectivity index (χ0) is 11.1. The topological polar surface area (TPSA) is 50.4 Å². The fourth-order valence-corrected chi connectivity index (χ4v) is 2.31. The Labute approximate surface area is 90.8 Å². The maximum Gasteiger partial charge on any atom is 0.407 e. The van der Waals surface area contributed by atoms with Crippen molar-refractivity contribution >= 4 is 6.09 Å². The van der Waals surface area contributed by atoms with E-state index in [1.165, 1.54) is 6.42 Å². The van der Waals surface area contributed by atoms with Crippen LogP contribution in [-0.4, -0.2) is 30.8 Å². The van der Waals surface area contributed by atoms with Crippen LogP contribution in [0.1, 0.15) is 27.2 Å². The molecule has 1 aliphatic carbocycles.